The molecule has 0 saturated carbocycles. The summed E-state index contributed by atoms with van der Waals surface area (Å²) >= 11 is 0. The molecule has 0 spiro atoms. The maximum Gasteiger partial charge on any atom is 0.299 e. The van der Waals surface area contributed by atoms with Gasteiger partial charge in [-0.05, 0) is 18.9 Å². The average molecular weight is 280 g/mol. The van der Waals surface area contributed by atoms with E-state index in [-0.39, 0.29) is 11.4 Å². The molecule has 1 atom stereocenters. The van der Waals surface area contributed by atoms with E-state index < -0.39 is 27.5 Å². The Morgan fingerprint density at radius 1 is 1.30 bits per heavy atom. The second-order valence-electron chi connectivity index (χ2n) is 4.44. The van der Waals surface area contributed by atoms with Crippen LogP contribution in [0.2, 0.25) is 0 Å². The maximum absolute atomic E-state index is 11.3. The van der Waals surface area contributed by atoms with Crippen molar-refractivity contribution in [1.82, 2.24) is 0 Å². The molecule has 0 bridgehead atoms. The first kappa shape index (κ1) is 13.7. The average Bonchev–Trinajstić information content (AvgIpc) is 2.86. The Labute approximate surface area is 113 Å². The summed E-state index contributed by atoms with van der Waals surface area (Å²) in [5, 5.41) is 21.7. The van der Waals surface area contributed by atoms with Crippen LogP contribution in [0.15, 0.2) is 18.2 Å². The second kappa shape index (κ2) is 5.11. The lowest BCUT2D eigenvalue weighted by Gasteiger charge is -2.23. The van der Waals surface area contributed by atoms with E-state index in [0.717, 1.165) is 6.07 Å². The Balaban J connectivity index is 2.48. The summed E-state index contributed by atoms with van der Waals surface area (Å²) in [5.74, 6) is -0.560. The SMILES string of the molecule is NC(=O)C1CCCN1c1ccc([N+](=O)[O-])cc1[N+](=O)[O-]. The van der Waals surface area contributed by atoms with Crippen LogP contribution >= 0.6 is 0 Å². The van der Waals surface area contributed by atoms with Gasteiger partial charge in [0.2, 0.25) is 5.91 Å². The van der Waals surface area contributed by atoms with Gasteiger partial charge in [-0.3, -0.25) is 25.0 Å². The van der Waals surface area contributed by atoms with E-state index in [1.807, 2.05) is 0 Å². The maximum atomic E-state index is 11.3. The number of non-ortho nitro benzene ring substituents is 1. The van der Waals surface area contributed by atoms with Crippen LogP contribution in [-0.4, -0.2) is 28.3 Å². The number of amides is 1. The van der Waals surface area contributed by atoms with Crippen molar-refractivity contribution in [2.75, 3.05) is 11.4 Å². The molecule has 1 aromatic carbocycles. The minimum atomic E-state index is -0.702. The van der Waals surface area contributed by atoms with Crippen molar-refractivity contribution in [3.05, 3.63) is 38.4 Å². The molecule has 0 aliphatic carbocycles. The van der Waals surface area contributed by atoms with Gasteiger partial charge in [0.05, 0.1) is 15.9 Å². The lowest BCUT2D eigenvalue weighted by Crippen LogP contribution is -2.40. The molecule has 1 fully saturated rings. The molecule has 1 aliphatic rings. The predicted molar refractivity (Wildman–Crippen MR) is 69.3 cm³/mol. The van der Waals surface area contributed by atoms with Crippen molar-refractivity contribution in [3.8, 4) is 0 Å². The molecule has 9 heteroatoms. The minimum Gasteiger partial charge on any atom is -0.368 e. The van der Waals surface area contributed by atoms with Gasteiger partial charge in [-0.2, -0.15) is 0 Å². The number of carbonyl (C=O) groups excluding carboxylic acids is 1. The fourth-order valence-corrected chi connectivity index (χ4v) is 2.37. The van der Waals surface area contributed by atoms with E-state index in [4.69, 9.17) is 5.73 Å². The third-order valence-electron chi connectivity index (χ3n) is 3.26. The normalized spacial score (nSPS) is 18.0. The summed E-state index contributed by atoms with van der Waals surface area (Å²) in [5.41, 5.74) is 4.69. The number of anilines is 1. The largest absolute Gasteiger partial charge is 0.368 e. The van der Waals surface area contributed by atoms with Gasteiger partial charge in [-0.25, -0.2) is 0 Å². The van der Waals surface area contributed by atoms with E-state index in [1.165, 1.54) is 17.0 Å². The molecule has 9 nitrogen and oxygen atoms in total. The quantitative estimate of drug-likeness (QED) is 0.645. The lowest BCUT2D eigenvalue weighted by atomic mass is 10.1. The van der Waals surface area contributed by atoms with Gasteiger partial charge >= 0.3 is 0 Å². The third kappa shape index (κ3) is 2.37. The molecular formula is C11H12N4O5. The van der Waals surface area contributed by atoms with E-state index in [1.54, 1.807) is 0 Å². The zero-order valence-corrected chi connectivity index (χ0v) is 10.4. The van der Waals surface area contributed by atoms with Crippen LogP contribution in [0.25, 0.3) is 0 Å². The molecule has 0 radical (unpaired) electrons. The van der Waals surface area contributed by atoms with Gasteiger partial charge in [0.15, 0.2) is 0 Å². The van der Waals surface area contributed by atoms with Gasteiger partial charge in [0.1, 0.15) is 11.7 Å². The van der Waals surface area contributed by atoms with Crippen LogP contribution in [0.3, 0.4) is 0 Å². The van der Waals surface area contributed by atoms with Gasteiger partial charge in [-0.1, -0.05) is 0 Å². The summed E-state index contributed by atoms with van der Waals surface area (Å²) in [4.78, 5) is 33.2. The molecule has 106 valence electrons. The van der Waals surface area contributed by atoms with Crippen molar-refractivity contribution >= 4 is 23.0 Å². The number of primary amides is 1. The van der Waals surface area contributed by atoms with Crippen LogP contribution in [0.1, 0.15) is 12.8 Å². The molecule has 2 N–H and O–H groups in total. The molecule has 1 heterocycles. The first-order chi connectivity index (χ1) is 9.41. The molecule has 1 saturated heterocycles. The van der Waals surface area contributed by atoms with E-state index in [0.29, 0.717) is 19.4 Å². The second-order valence-corrected chi connectivity index (χ2v) is 4.44. The monoisotopic (exact) mass is 280 g/mol. The molecule has 0 aromatic heterocycles. The molecule has 1 aromatic rings. The van der Waals surface area contributed by atoms with E-state index >= 15 is 0 Å². The first-order valence-corrected chi connectivity index (χ1v) is 5.90. The van der Waals surface area contributed by atoms with Gasteiger partial charge in [-0.15, -0.1) is 0 Å². The van der Waals surface area contributed by atoms with Gasteiger partial charge in [0, 0.05) is 12.6 Å². The fourth-order valence-electron chi connectivity index (χ4n) is 2.37. The Hall–Kier alpha value is -2.71. The highest BCUT2D eigenvalue weighted by atomic mass is 16.6. The van der Waals surface area contributed by atoms with Crippen molar-refractivity contribution in [3.63, 3.8) is 0 Å². The third-order valence-corrected chi connectivity index (χ3v) is 3.26. The van der Waals surface area contributed by atoms with Crippen molar-refractivity contribution in [1.29, 1.82) is 0 Å². The number of carbonyl (C=O) groups is 1. The van der Waals surface area contributed by atoms with Crippen molar-refractivity contribution in [2.45, 2.75) is 18.9 Å². The van der Waals surface area contributed by atoms with Crippen LogP contribution in [0, 0.1) is 20.2 Å². The van der Waals surface area contributed by atoms with E-state index in [2.05, 4.69) is 0 Å². The number of nitro groups is 2. The number of nitrogens with two attached hydrogens (primary N) is 1. The number of rotatable bonds is 4. The molecule has 2 rings (SSSR count). The summed E-state index contributed by atoms with van der Waals surface area (Å²) in [6.45, 7) is 0.451. The van der Waals surface area contributed by atoms with Crippen molar-refractivity contribution in [2.24, 2.45) is 5.73 Å². The van der Waals surface area contributed by atoms with Gasteiger partial charge < -0.3 is 10.6 Å². The van der Waals surface area contributed by atoms with Crippen LogP contribution < -0.4 is 10.6 Å². The van der Waals surface area contributed by atoms with E-state index in [9.17, 15) is 25.0 Å². The highest BCUT2D eigenvalue weighted by Crippen LogP contribution is 2.35. The fraction of sp³-hybridized carbons (Fsp3) is 0.364. The zero-order chi connectivity index (χ0) is 14.9. The highest BCUT2D eigenvalue weighted by Gasteiger charge is 2.34. The molecule has 20 heavy (non-hydrogen) atoms. The van der Waals surface area contributed by atoms with Crippen LogP contribution in [-0.2, 0) is 4.79 Å². The zero-order valence-electron chi connectivity index (χ0n) is 10.4. The minimum absolute atomic E-state index is 0.182. The topological polar surface area (TPSA) is 133 Å². The number of hydrogen-bond acceptors (Lipinski definition) is 6. The molecule has 1 amide bonds. The predicted octanol–water partition coefficient (Wildman–Crippen LogP) is 0.957. The summed E-state index contributed by atoms with van der Waals surface area (Å²) in [6.07, 6.45) is 1.20. The first-order valence-electron chi connectivity index (χ1n) is 5.90. The van der Waals surface area contributed by atoms with Crippen LogP contribution in [0.4, 0.5) is 17.1 Å². The number of nitro benzene ring substituents is 2. The Kier molecular flexibility index (Phi) is 3.51. The standard InChI is InChI=1S/C11H12N4O5/c12-11(16)9-2-1-5-13(9)8-4-3-7(14(17)18)6-10(8)15(19)20/h3-4,6,9H,1-2,5H2,(H2,12,16). The Bertz CT molecular complexity index is 588. The molecule has 1 unspecified atom stereocenters. The molecular weight excluding hydrogens is 268 g/mol. The summed E-state index contributed by atoms with van der Waals surface area (Å²) < 4.78 is 0. The van der Waals surface area contributed by atoms with Crippen molar-refractivity contribution < 1.29 is 14.6 Å². The number of benzene rings is 1. The number of hydrogen-bond donors (Lipinski definition) is 1. The summed E-state index contributed by atoms with van der Waals surface area (Å²) in [6, 6.07) is 2.75. The molecule has 1 aliphatic heterocycles. The summed E-state index contributed by atoms with van der Waals surface area (Å²) in [7, 11) is 0. The Morgan fingerprint density at radius 2 is 2.00 bits per heavy atom. The lowest BCUT2D eigenvalue weighted by molar-refractivity contribution is -0.393. The van der Waals surface area contributed by atoms with Crippen LogP contribution in [0.5, 0.6) is 0 Å². The number of nitrogens with zero attached hydrogens (tertiary/aromatic N) is 3. The van der Waals surface area contributed by atoms with Gasteiger partial charge in [0.25, 0.3) is 11.4 Å². The highest BCUT2D eigenvalue weighted by molar-refractivity contribution is 5.85. The smallest absolute Gasteiger partial charge is 0.299 e. The Morgan fingerprint density at radius 3 is 2.55 bits per heavy atom.